The van der Waals surface area contributed by atoms with Crippen LogP contribution in [0, 0.1) is 0 Å². The molecule has 0 bridgehead atoms. The number of aliphatic hydroxyl groups is 1. The Morgan fingerprint density at radius 2 is 2.12 bits per heavy atom. The number of rotatable bonds is 3. The van der Waals surface area contributed by atoms with Crippen molar-refractivity contribution in [1.82, 2.24) is 0 Å². The molecule has 0 radical (unpaired) electrons. The van der Waals surface area contributed by atoms with E-state index in [1.807, 2.05) is 0 Å². The summed E-state index contributed by atoms with van der Waals surface area (Å²) in [6.45, 7) is 0.303. The van der Waals surface area contributed by atoms with Gasteiger partial charge in [-0.05, 0) is 58.0 Å². The number of hydrogen-bond donors (Lipinski definition) is 1. The van der Waals surface area contributed by atoms with Crippen molar-refractivity contribution in [3.8, 4) is 0 Å². The van der Waals surface area contributed by atoms with Gasteiger partial charge in [0.25, 0.3) is 0 Å². The largest absolute Gasteiger partial charge is 0.396 e. The quantitative estimate of drug-likeness (QED) is 0.619. The molecule has 0 fully saturated rings. The van der Waals surface area contributed by atoms with E-state index in [-0.39, 0.29) is 0 Å². The number of hydrogen-bond acceptors (Lipinski definition) is 1. The first-order valence-corrected chi connectivity index (χ1v) is 4.55. The molecule has 0 aliphatic carbocycles. The highest BCUT2D eigenvalue weighted by Gasteiger charge is 1.81. The molecule has 0 aliphatic rings. The molecule has 0 unspecified atom stereocenters. The Labute approximate surface area is 76.8 Å². The van der Waals surface area contributed by atoms with Gasteiger partial charge in [0.05, 0.1) is 0 Å². The maximum absolute atomic E-state index is 8.34. The standard InChI is InChI=1S/C5H8I2O/c6-5(7)3-1-2-4-8/h3,8H,1-2,4H2. The van der Waals surface area contributed by atoms with Gasteiger partial charge in [-0.2, -0.15) is 0 Å². The van der Waals surface area contributed by atoms with Gasteiger partial charge in [-0.1, -0.05) is 6.08 Å². The number of allylic oxidation sites excluding steroid dienone is 1. The number of halogens is 2. The molecule has 48 valence electrons. The van der Waals surface area contributed by atoms with Crippen molar-refractivity contribution in [1.29, 1.82) is 0 Å². The second-order valence-corrected chi connectivity index (χ2v) is 5.75. The Morgan fingerprint density at radius 3 is 2.50 bits per heavy atom. The van der Waals surface area contributed by atoms with E-state index in [9.17, 15) is 0 Å². The van der Waals surface area contributed by atoms with Crippen LogP contribution in [-0.2, 0) is 0 Å². The molecule has 0 heterocycles. The molecule has 0 atom stereocenters. The van der Waals surface area contributed by atoms with Crippen molar-refractivity contribution in [2.45, 2.75) is 12.8 Å². The van der Waals surface area contributed by atoms with Crippen molar-refractivity contribution < 1.29 is 5.11 Å². The molecular weight excluding hydrogens is 330 g/mol. The van der Waals surface area contributed by atoms with Crippen LogP contribution >= 0.6 is 45.2 Å². The highest BCUT2D eigenvalue weighted by atomic mass is 127. The van der Waals surface area contributed by atoms with E-state index >= 15 is 0 Å². The molecule has 0 spiro atoms. The van der Waals surface area contributed by atoms with Gasteiger partial charge in [-0.3, -0.25) is 0 Å². The van der Waals surface area contributed by atoms with Crippen molar-refractivity contribution in [3.63, 3.8) is 0 Å². The van der Waals surface area contributed by atoms with Gasteiger partial charge in [0.2, 0.25) is 0 Å². The van der Waals surface area contributed by atoms with Crippen LogP contribution in [0.5, 0.6) is 0 Å². The third kappa shape index (κ3) is 7.16. The Morgan fingerprint density at radius 1 is 1.50 bits per heavy atom. The van der Waals surface area contributed by atoms with Gasteiger partial charge in [0, 0.05) is 8.19 Å². The highest BCUT2D eigenvalue weighted by molar-refractivity contribution is 14.2. The lowest BCUT2D eigenvalue weighted by molar-refractivity contribution is 0.289. The zero-order chi connectivity index (χ0) is 6.41. The molecule has 3 heteroatoms. The smallest absolute Gasteiger partial charge is 0.0474 e. The third-order valence-electron chi connectivity index (χ3n) is 0.661. The van der Waals surface area contributed by atoms with Crippen molar-refractivity contribution in [2.75, 3.05) is 6.61 Å². The minimum atomic E-state index is 0.303. The Kier molecular flexibility index (Phi) is 7.19. The monoisotopic (exact) mass is 338 g/mol. The first-order valence-electron chi connectivity index (χ1n) is 2.39. The minimum Gasteiger partial charge on any atom is -0.396 e. The Bertz CT molecular complexity index is 76.5. The van der Waals surface area contributed by atoms with Gasteiger partial charge in [0.15, 0.2) is 0 Å². The SMILES string of the molecule is OCCCC=C(I)I. The van der Waals surface area contributed by atoms with E-state index in [1.54, 1.807) is 0 Å². The van der Waals surface area contributed by atoms with E-state index in [2.05, 4.69) is 51.3 Å². The fourth-order valence-corrected chi connectivity index (χ4v) is 0.925. The summed E-state index contributed by atoms with van der Waals surface area (Å²) in [6.07, 6.45) is 3.99. The van der Waals surface area contributed by atoms with Crippen LogP contribution in [0.4, 0.5) is 0 Å². The first-order chi connectivity index (χ1) is 3.77. The van der Waals surface area contributed by atoms with Crippen LogP contribution < -0.4 is 0 Å². The zero-order valence-corrected chi connectivity index (χ0v) is 8.72. The van der Waals surface area contributed by atoms with E-state index in [1.165, 1.54) is 1.59 Å². The summed E-state index contributed by atoms with van der Waals surface area (Å²) in [6, 6.07) is 0. The second kappa shape index (κ2) is 6.28. The van der Waals surface area contributed by atoms with Gasteiger partial charge in [0.1, 0.15) is 0 Å². The zero-order valence-electron chi connectivity index (χ0n) is 4.40. The highest BCUT2D eigenvalue weighted by Crippen LogP contribution is 2.15. The second-order valence-electron chi connectivity index (χ2n) is 1.36. The van der Waals surface area contributed by atoms with Gasteiger partial charge >= 0.3 is 0 Å². The molecule has 1 N–H and O–H groups in total. The Balaban J connectivity index is 3.03. The minimum absolute atomic E-state index is 0.303. The van der Waals surface area contributed by atoms with Crippen LogP contribution in [-0.4, -0.2) is 11.7 Å². The molecular formula is C5H8I2O. The van der Waals surface area contributed by atoms with E-state index < -0.39 is 0 Å². The summed E-state index contributed by atoms with van der Waals surface area (Å²) >= 11 is 4.50. The molecule has 0 aromatic heterocycles. The molecule has 1 nitrogen and oxygen atoms in total. The maximum atomic E-state index is 8.34. The summed E-state index contributed by atoms with van der Waals surface area (Å²) in [5.41, 5.74) is 0. The van der Waals surface area contributed by atoms with E-state index in [4.69, 9.17) is 5.11 Å². The van der Waals surface area contributed by atoms with Crippen LogP contribution in [0.25, 0.3) is 0 Å². The topological polar surface area (TPSA) is 20.2 Å². The van der Waals surface area contributed by atoms with Gasteiger partial charge < -0.3 is 5.11 Å². The average Bonchev–Trinajstić information content (AvgIpc) is 1.66. The molecule has 0 saturated heterocycles. The normalized spacial score (nSPS) is 8.88. The fraction of sp³-hybridized carbons (Fsp3) is 0.600. The first kappa shape index (κ1) is 9.16. The molecule has 0 aromatic carbocycles. The maximum Gasteiger partial charge on any atom is 0.0474 e. The summed E-state index contributed by atoms with van der Waals surface area (Å²) in [5, 5.41) is 8.34. The fourth-order valence-electron chi connectivity index (χ4n) is 0.302. The van der Waals surface area contributed by atoms with E-state index in [0.717, 1.165) is 12.8 Å². The molecule has 0 amide bonds. The van der Waals surface area contributed by atoms with Crippen molar-refractivity contribution in [2.24, 2.45) is 0 Å². The van der Waals surface area contributed by atoms with Crippen LogP contribution in [0.2, 0.25) is 0 Å². The lowest BCUT2D eigenvalue weighted by Gasteiger charge is -1.86. The lowest BCUT2D eigenvalue weighted by Crippen LogP contribution is -1.77. The summed E-state index contributed by atoms with van der Waals surface area (Å²) in [4.78, 5) is 0. The van der Waals surface area contributed by atoms with Gasteiger partial charge in [-0.25, -0.2) is 0 Å². The predicted octanol–water partition coefficient (Wildman–Crippen LogP) is 2.47. The predicted molar refractivity (Wildman–Crippen MR) is 52.4 cm³/mol. The van der Waals surface area contributed by atoms with Crippen LogP contribution in [0.1, 0.15) is 12.8 Å². The van der Waals surface area contributed by atoms with Gasteiger partial charge in [-0.15, -0.1) is 0 Å². The average molecular weight is 338 g/mol. The number of aliphatic hydroxyl groups excluding tert-OH is 1. The molecule has 0 aromatic rings. The molecule has 0 rings (SSSR count). The lowest BCUT2D eigenvalue weighted by atomic mass is 10.3. The van der Waals surface area contributed by atoms with E-state index in [0.29, 0.717) is 6.61 Å². The third-order valence-corrected chi connectivity index (χ3v) is 1.54. The molecule has 0 aliphatic heterocycles. The van der Waals surface area contributed by atoms with Crippen LogP contribution in [0.3, 0.4) is 0 Å². The summed E-state index contributed by atoms with van der Waals surface area (Å²) < 4.78 is 1.27. The van der Waals surface area contributed by atoms with Crippen LogP contribution in [0.15, 0.2) is 7.66 Å². The molecule has 0 saturated carbocycles. The summed E-state index contributed by atoms with van der Waals surface area (Å²) in [5.74, 6) is 0. The van der Waals surface area contributed by atoms with Crippen molar-refractivity contribution in [3.05, 3.63) is 7.66 Å². The molecule has 8 heavy (non-hydrogen) atoms. The van der Waals surface area contributed by atoms with Crippen molar-refractivity contribution >= 4 is 45.2 Å². The Hall–Kier alpha value is 1.16. The number of unbranched alkanes of at least 4 members (excludes halogenated alkanes) is 1. The summed E-state index contributed by atoms with van der Waals surface area (Å²) in [7, 11) is 0.